The largest absolute Gasteiger partial charge is 0.472 e. The van der Waals surface area contributed by atoms with Gasteiger partial charge in [-0.25, -0.2) is 4.57 Å². The first-order valence-corrected chi connectivity index (χ1v) is 20.0. The number of allylic oxidation sites excluding steroid dienone is 6. The molecule has 0 aromatic heterocycles. The second kappa shape index (κ2) is 34.1. The molecular weight excluding hydrogens is 617 g/mol. The van der Waals surface area contributed by atoms with Crippen LogP contribution in [-0.2, 0) is 32.7 Å². The minimum Gasteiger partial charge on any atom is -0.462 e. The standard InChI is InChI=1S/C37H68NO8P/c1-3-5-7-9-11-13-14-15-16-17-18-19-20-22-23-25-27-29-36(39)43-33-35(34-45-47(41,42)44-32-31-38)46-37(40)30-28-26-24-21-12-10-8-6-4-2/h11,13,15-16,18-19,35H,3-10,12,14,17,20-34,38H2,1-2H3,(H,41,42)/b13-11+,16-15+,19-18+/t35-/m0/s1. The molecule has 0 amide bonds. The van der Waals surface area contributed by atoms with Gasteiger partial charge in [0, 0.05) is 19.4 Å². The highest BCUT2D eigenvalue weighted by molar-refractivity contribution is 7.47. The van der Waals surface area contributed by atoms with Crippen molar-refractivity contribution in [1.29, 1.82) is 0 Å². The number of ether oxygens (including phenoxy) is 2. The quantitative estimate of drug-likeness (QED) is 0.0294. The van der Waals surface area contributed by atoms with Gasteiger partial charge in [0.05, 0.1) is 13.2 Å². The molecule has 0 aliphatic rings. The van der Waals surface area contributed by atoms with E-state index in [1.807, 2.05) is 0 Å². The third kappa shape index (κ3) is 33.9. The van der Waals surface area contributed by atoms with E-state index in [1.54, 1.807) is 0 Å². The number of rotatable bonds is 34. The maximum absolute atomic E-state index is 12.4. The summed E-state index contributed by atoms with van der Waals surface area (Å²) in [6.07, 6.45) is 34.6. The van der Waals surface area contributed by atoms with E-state index in [2.05, 4.69) is 50.3 Å². The maximum Gasteiger partial charge on any atom is 0.472 e. The maximum atomic E-state index is 12.4. The summed E-state index contributed by atoms with van der Waals surface area (Å²) in [4.78, 5) is 34.6. The molecule has 0 fully saturated rings. The average Bonchev–Trinajstić information content (AvgIpc) is 3.05. The van der Waals surface area contributed by atoms with Gasteiger partial charge in [-0.05, 0) is 51.4 Å². The third-order valence-electron chi connectivity index (χ3n) is 7.53. The molecule has 0 aromatic rings. The first-order valence-electron chi connectivity index (χ1n) is 18.5. The summed E-state index contributed by atoms with van der Waals surface area (Å²) in [7, 11) is -4.37. The van der Waals surface area contributed by atoms with Gasteiger partial charge in [0.25, 0.3) is 0 Å². The van der Waals surface area contributed by atoms with E-state index in [0.717, 1.165) is 57.8 Å². The molecule has 0 spiro atoms. The molecule has 47 heavy (non-hydrogen) atoms. The van der Waals surface area contributed by atoms with Crippen LogP contribution in [0, 0.1) is 0 Å². The number of esters is 2. The van der Waals surface area contributed by atoms with Gasteiger partial charge in [-0.3, -0.25) is 18.6 Å². The van der Waals surface area contributed by atoms with Crippen LogP contribution in [0.1, 0.15) is 155 Å². The number of nitrogens with two attached hydrogens (primary N) is 1. The van der Waals surface area contributed by atoms with Crippen LogP contribution in [-0.4, -0.2) is 49.3 Å². The minimum absolute atomic E-state index is 0.0501. The summed E-state index contributed by atoms with van der Waals surface area (Å²) in [5, 5.41) is 0. The lowest BCUT2D eigenvalue weighted by molar-refractivity contribution is -0.161. The zero-order chi connectivity index (χ0) is 34.7. The molecule has 0 heterocycles. The summed E-state index contributed by atoms with van der Waals surface area (Å²) < 4.78 is 32.5. The molecule has 0 rings (SSSR count). The Morgan fingerprint density at radius 3 is 1.68 bits per heavy atom. The third-order valence-corrected chi connectivity index (χ3v) is 8.51. The number of hydrogen-bond acceptors (Lipinski definition) is 8. The van der Waals surface area contributed by atoms with Gasteiger partial charge in [0.1, 0.15) is 6.61 Å². The SMILES string of the molecule is CCCCC/C=C/C/C=C/C/C=C/CCCCCCC(=O)OC[C@@H](COP(=O)(O)OCCN)OC(=O)CCCCCCCCCCC. The highest BCUT2D eigenvalue weighted by atomic mass is 31.2. The Kier molecular flexibility index (Phi) is 32.8. The minimum atomic E-state index is -4.37. The Morgan fingerprint density at radius 2 is 1.11 bits per heavy atom. The van der Waals surface area contributed by atoms with Crippen molar-refractivity contribution in [3.63, 3.8) is 0 Å². The van der Waals surface area contributed by atoms with Crippen LogP contribution in [0.15, 0.2) is 36.5 Å². The van der Waals surface area contributed by atoms with Crippen LogP contribution < -0.4 is 5.73 Å². The van der Waals surface area contributed by atoms with Gasteiger partial charge < -0.3 is 20.1 Å². The van der Waals surface area contributed by atoms with E-state index in [9.17, 15) is 19.0 Å². The molecule has 10 heteroatoms. The second-order valence-corrected chi connectivity index (χ2v) is 13.5. The van der Waals surface area contributed by atoms with Gasteiger partial charge in [-0.1, -0.05) is 127 Å². The Morgan fingerprint density at radius 1 is 0.638 bits per heavy atom. The first-order chi connectivity index (χ1) is 22.8. The fraction of sp³-hybridized carbons (Fsp3) is 0.784. The van der Waals surface area contributed by atoms with Crippen LogP contribution in [0.25, 0.3) is 0 Å². The lowest BCUT2D eigenvalue weighted by atomic mass is 10.1. The second-order valence-electron chi connectivity index (χ2n) is 12.1. The smallest absolute Gasteiger partial charge is 0.462 e. The van der Waals surface area contributed by atoms with Crippen molar-refractivity contribution < 1.29 is 37.6 Å². The summed E-state index contributed by atoms with van der Waals surface area (Å²) in [5.74, 6) is -0.859. The molecule has 0 aromatic carbocycles. The molecular formula is C37H68NO8P. The molecule has 0 radical (unpaired) electrons. The normalized spacial score (nSPS) is 13.9. The fourth-order valence-corrected chi connectivity index (χ4v) is 5.52. The number of phosphoric acid groups is 1. The fourth-order valence-electron chi connectivity index (χ4n) is 4.76. The van der Waals surface area contributed by atoms with Crippen molar-refractivity contribution in [2.75, 3.05) is 26.4 Å². The summed E-state index contributed by atoms with van der Waals surface area (Å²) in [6.45, 7) is 3.63. The summed E-state index contributed by atoms with van der Waals surface area (Å²) in [6, 6.07) is 0. The monoisotopic (exact) mass is 685 g/mol. The van der Waals surface area contributed by atoms with Crippen LogP contribution in [0.4, 0.5) is 0 Å². The summed E-state index contributed by atoms with van der Waals surface area (Å²) >= 11 is 0. The van der Waals surface area contributed by atoms with Crippen molar-refractivity contribution in [3.8, 4) is 0 Å². The molecule has 0 saturated carbocycles. The summed E-state index contributed by atoms with van der Waals surface area (Å²) in [5.41, 5.74) is 5.32. The van der Waals surface area contributed by atoms with Gasteiger partial charge >= 0.3 is 19.8 Å². The van der Waals surface area contributed by atoms with Crippen molar-refractivity contribution >= 4 is 19.8 Å². The van der Waals surface area contributed by atoms with Crippen LogP contribution >= 0.6 is 7.82 Å². The van der Waals surface area contributed by atoms with Crippen molar-refractivity contribution in [2.24, 2.45) is 5.73 Å². The first kappa shape index (κ1) is 45.2. The number of hydrogen-bond donors (Lipinski definition) is 2. The van der Waals surface area contributed by atoms with Crippen molar-refractivity contribution in [2.45, 2.75) is 161 Å². The van der Waals surface area contributed by atoms with Crippen molar-refractivity contribution in [1.82, 2.24) is 0 Å². The molecule has 0 aliphatic heterocycles. The highest BCUT2D eigenvalue weighted by Crippen LogP contribution is 2.43. The van der Waals surface area contributed by atoms with Gasteiger partial charge in [0.15, 0.2) is 6.10 Å². The van der Waals surface area contributed by atoms with E-state index < -0.39 is 32.5 Å². The molecule has 0 aliphatic carbocycles. The number of carbonyl (C=O) groups excluding carboxylic acids is 2. The number of unbranched alkanes of at least 4 members (excludes halogenated alkanes) is 15. The molecule has 274 valence electrons. The molecule has 0 bridgehead atoms. The average molecular weight is 686 g/mol. The Labute approximate surface area is 286 Å². The number of carbonyl (C=O) groups is 2. The van der Waals surface area contributed by atoms with E-state index in [1.165, 1.54) is 57.8 Å². The van der Waals surface area contributed by atoms with Crippen LogP contribution in [0.2, 0.25) is 0 Å². The zero-order valence-electron chi connectivity index (χ0n) is 29.8. The Bertz CT molecular complexity index is 876. The lowest BCUT2D eigenvalue weighted by Crippen LogP contribution is -2.29. The lowest BCUT2D eigenvalue weighted by Gasteiger charge is -2.19. The van der Waals surface area contributed by atoms with E-state index in [0.29, 0.717) is 12.8 Å². The van der Waals surface area contributed by atoms with E-state index >= 15 is 0 Å². The predicted octanol–water partition coefficient (Wildman–Crippen LogP) is 9.82. The van der Waals surface area contributed by atoms with E-state index in [-0.39, 0.29) is 32.6 Å². The van der Waals surface area contributed by atoms with Crippen LogP contribution in [0.5, 0.6) is 0 Å². The molecule has 9 nitrogen and oxygen atoms in total. The topological polar surface area (TPSA) is 134 Å². The van der Waals surface area contributed by atoms with Crippen LogP contribution in [0.3, 0.4) is 0 Å². The highest BCUT2D eigenvalue weighted by Gasteiger charge is 2.25. The number of phosphoric ester groups is 1. The molecule has 2 atom stereocenters. The molecule has 1 unspecified atom stereocenters. The zero-order valence-corrected chi connectivity index (χ0v) is 30.7. The van der Waals surface area contributed by atoms with Gasteiger partial charge in [-0.2, -0.15) is 0 Å². The van der Waals surface area contributed by atoms with E-state index in [4.69, 9.17) is 24.3 Å². The van der Waals surface area contributed by atoms with Crippen molar-refractivity contribution in [3.05, 3.63) is 36.5 Å². The van der Waals surface area contributed by atoms with Gasteiger partial charge in [-0.15, -0.1) is 0 Å². The van der Waals surface area contributed by atoms with Gasteiger partial charge in [0.2, 0.25) is 0 Å². The molecule has 0 saturated heterocycles. The predicted molar refractivity (Wildman–Crippen MR) is 192 cm³/mol. The molecule has 3 N–H and O–H groups in total. The Balaban J connectivity index is 4.24. The Hall–Kier alpha value is -1.77.